The average molecular weight is 278 g/mol. The first-order valence-corrected chi connectivity index (χ1v) is 7.02. The second kappa shape index (κ2) is 4.61. The number of likely N-dealkylation sites (tertiary alicyclic amines) is 1. The molecule has 5 heteroatoms. The lowest BCUT2D eigenvalue weighted by molar-refractivity contribution is 0.0788. The Morgan fingerprint density at radius 1 is 1.37 bits per heavy atom. The number of H-pyrrole nitrogens is 1. The smallest absolute Gasteiger partial charge is 0.270 e. The predicted octanol–water partition coefficient (Wildman–Crippen LogP) is 2.35. The van der Waals surface area contributed by atoms with Crippen LogP contribution in [0.2, 0.25) is 0 Å². The standard InChI is InChI=1S/C14H16FN2OP/c1-8-6-9-7-10(14(18)17-4-2-3-5-17)16-12(9)11(15)13(8)19/h6-7,16H,2-5,19H2,1H3. The maximum absolute atomic E-state index is 14.1. The Kier molecular flexibility index (Phi) is 3.06. The molecule has 1 aliphatic heterocycles. The van der Waals surface area contributed by atoms with Gasteiger partial charge in [0.2, 0.25) is 0 Å². The third-order valence-corrected chi connectivity index (χ3v) is 4.43. The molecule has 1 amide bonds. The molecule has 1 aliphatic rings. The summed E-state index contributed by atoms with van der Waals surface area (Å²) in [5, 5.41) is 1.30. The van der Waals surface area contributed by atoms with Gasteiger partial charge in [0.1, 0.15) is 5.69 Å². The van der Waals surface area contributed by atoms with Gasteiger partial charge in [-0.25, -0.2) is 4.39 Å². The van der Waals surface area contributed by atoms with E-state index in [9.17, 15) is 9.18 Å². The van der Waals surface area contributed by atoms with Crippen molar-refractivity contribution in [3.8, 4) is 0 Å². The summed E-state index contributed by atoms with van der Waals surface area (Å²) in [7, 11) is 2.41. The lowest BCUT2D eigenvalue weighted by Gasteiger charge is -2.13. The van der Waals surface area contributed by atoms with Crippen LogP contribution in [0.25, 0.3) is 10.9 Å². The van der Waals surface area contributed by atoms with Crippen LogP contribution in [0.3, 0.4) is 0 Å². The number of halogens is 1. The highest BCUT2D eigenvalue weighted by molar-refractivity contribution is 7.27. The molecule has 2 aromatic rings. The van der Waals surface area contributed by atoms with Crippen molar-refractivity contribution in [3.63, 3.8) is 0 Å². The SMILES string of the molecule is Cc1cc2cc(C(=O)N3CCCC3)[nH]c2c(F)c1P. The van der Waals surface area contributed by atoms with E-state index in [1.54, 1.807) is 6.07 Å². The fourth-order valence-electron chi connectivity index (χ4n) is 2.59. The molecule has 0 spiro atoms. The van der Waals surface area contributed by atoms with Gasteiger partial charge in [-0.05, 0) is 37.5 Å². The van der Waals surface area contributed by atoms with Crippen LogP contribution < -0.4 is 5.30 Å². The molecule has 1 aromatic heterocycles. The van der Waals surface area contributed by atoms with Crippen molar-refractivity contribution >= 4 is 31.4 Å². The number of aromatic amines is 1. The zero-order valence-electron chi connectivity index (χ0n) is 10.8. The summed E-state index contributed by atoms with van der Waals surface area (Å²) in [6.07, 6.45) is 2.10. The van der Waals surface area contributed by atoms with Crippen molar-refractivity contribution in [1.29, 1.82) is 0 Å². The lowest BCUT2D eigenvalue weighted by Crippen LogP contribution is -2.27. The Bertz CT molecular complexity index is 659. The number of nitrogens with one attached hydrogen (secondary N) is 1. The van der Waals surface area contributed by atoms with Gasteiger partial charge < -0.3 is 9.88 Å². The van der Waals surface area contributed by atoms with Gasteiger partial charge in [0.25, 0.3) is 5.91 Å². The van der Waals surface area contributed by atoms with Crippen LogP contribution in [-0.2, 0) is 0 Å². The van der Waals surface area contributed by atoms with E-state index in [4.69, 9.17) is 0 Å². The van der Waals surface area contributed by atoms with Gasteiger partial charge in [-0.1, -0.05) is 0 Å². The molecule has 0 saturated carbocycles. The topological polar surface area (TPSA) is 36.1 Å². The number of benzene rings is 1. The van der Waals surface area contributed by atoms with Gasteiger partial charge in [0.05, 0.1) is 5.52 Å². The molecule has 1 unspecified atom stereocenters. The van der Waals surface area contributed by atoms with Crippen molar-refractivity contribution in [1.82, 2.24) is 9.88 Å². The Balaban J connectivity index is 2.06. The average Bonchev–Trinajstić information content (AvgIpc) is 3.04. The van der Waals surface area contributed by atoms with Gasteiger partial charge in [0, 0.05) is 23.8 Å². The van der Waals surface area contributed by atoms with Crippen molar-refractivity contribution in [2.24, 2.45) is 0 Å². The van der Waals surface area contributed by atoms with Crippen LogP contribution >= 0.6 is 9.24 Å². The fourth-order valence-corrected chi connectivity index (χ4v) is 2.82. The van der Waals surface area contributed by atoms with E-state index in [2.05, 4.69) is 14.2 Å². The van der Waals surface area contributed by atoms with E-state index in [1.807, 2.05) is 17.9 Å². The highest BCUT2D eigenvalue weighted by Crippen LogP contribution is 2.22. The highest BCUT2D eigenvalue weighted by atomic mass is 31.0. The summed E-state index contributed by atoms with van der Waals surface area (Å²) in [4.78, 5) is 17.0. The number of aryl methyl sites for hydroxylation is 1. The van der Waals surface area contributed by atoms with Gasteiger partial charge in [-0.15, -0.1) is 9.24 Å². The van der Waals surface area contributed by atoms with E-state index < -0.39 is 0 Å². The lowest BCUT2D eigenvalue weighted by atomic mass is 10.1. The number of nitrogens with zero attached hydrogens (tertiary/aromatic N) is 1. The first-order valence-electron chi connectivity index (χ1n) is 6.44. The third kappa shape index (κ3) is 2.04. The van der Waals surface area contributed by atoms with Gasteiger partial charge in [0.15, 0.2) is 5.82 Å². The van der Waals surface area contributed by atoms with Crippen molar-refractivity contribution in [2.75, 3.05) is 13.1 Å². The summed E-state index contributed by atoms with van der Waals surface area (Å²) in [6, 6.07) is 3.65. The molecule has 1 aromatic carbocycles. The second-order valence-electron chi connectivity index (χ2n) is 5.07. The molecule has 3 rings (SSSR count). The number of rotatable bonds is 1. The Morgan fingerprint density at radius 2 is 2.05 bits per heavy atom. The third-order valence-electron chi connectivity index (χ3n) is 3.72. The minimum atomic E-state index is -0.291. The summed E-state index contributed by atoms with van der Waals surface area (Å²) in [5.41, 5.74) is 1.76. The predicted molar refractivity (Wildman–Crippen MR) is 77.5 cm³/mol. The molecule has 2 heterocycles. The molecular weight excluding hydrogens is 262 g/mol. The molecule has 100 valence electrons. The molecule has 0 aliphatic carbocycles. The zero-order valence-corrected chi connectivity index (χ0v) is 11.9. The van der Waals surface area contributed by atoms with Crippen LogP contribution in [0.5, 0.6) is 0 Å². The van der Waals surface area contributed by atoms with E-state index >= 15 is 0 Å². The molecule has 1 fully saturated rings. The number of fused-ring (bicyclic) bond motifs is 1. The molecule has 0 bridgehead atoms. The number of amides is 1. The summed E-state index contributed by atoms with van der Waals surface area (Å²) in [5.74, 6) is -0.323. The van der Waals surface area contributed by atoms with Crippen molar-refractivity contribution in [3.05, 3.63) is 29.2 Å². The molecule has 1 N–H and O–H groups in total. The van der Waals surface area contributed by atoms with Crippen molar-refractivity contribution in [2.45, 2.75) is 19.8 Å². The van der Waals surface area contributed by atoms with Gasteiger partial charge in [-0.3, -0.25) is 4.79 Å². The first-order chi connectivity index (χ1) is 9.08. The molecule has 3 nitrogen and oxygen atoms in total. The maximum Gasteiger partial charge on any atom is 0.270 e. The fraction of sp³-hybridized carbons (Fsp3) is 0.357. The number of hydrogen-bond acceptors (Lipinski definition) is 1. The van der Waals surface area contributed by atoms with Crippen LogP contribution in [0.15, 0.2) is 12.1 Å². The van der Waals surface area contributed by atoms with E-state index in [0.29, 0.717) is 16.5 Å². The maximum atomic E-state index is 14.1. The van der Waals surface area contributed by atoms with Gasteiger partial charge in [-0.2, -0.15) is 0 Å². The molecular formula is C14H16FN2OP. The minimum absolute atomic E-state index is 0.0314. The van der Waals surface area contributed by atoms with E-state index in [0.717, 1.165) is 36.9 Å². The second-order valence-corrected chi connectivity index (χ2v) is 5.65. The number of aromatic nitrogens is 1. The highest BCUT2D eigenvalue weighted by Gasteiger charge is 2.22. The van der Waals surface area contributed by atoms with Gasteiger partial charge >= 0.3 is 0 Å². The molecule has 0 radical (unpaired) electrons. The summed E-state index contributed by atoms with van der Waals surface area (Å²) < 4.78 is 14.1. The molecule has 1 saturated heterocycles. The van der Waals surface area contributed by atoms with Crippen molar-refractivity contribution < 1.29 is 9.18 Å². The van der Waals surface area contributed by atoms with Crippen LogP contribution in [0, 0.1) is 12.7 Å². The normalized spacial score (nSPS) is 15.4. The summed E-state index contributed by atoms with van der Waals surface area (Å²) >= 11 is 0. The van der Waals surface area contributed by atoms with E-state index in [-0.39, 0.29) is 11.7 Å². The molecule has 1 atom stereocenters. The Morgan fingerprint density at radius 3 is 2.74 bits per heavy atom. The number of carbonyl (C=O) groups is 1. The summed E-state index contributed by atoms with van der Waals surface area (Å²) in [6.45, 7) is 3.45. The van der Waals surface area contributed by atoms with E-state index in [1.165, 1.54) is 0 Å². The zero-order chi connectivity index (χ0) is 13.6. The number of carbonyl (C=O) groups excluding carboxylic acids is 1. The Hall–Kier alpha value is -1.41. The Labute approximate surface area is 113 Å². The number of hydrogen-bond donors (Lipinski definition) is 1. The quantitative estimate of drug-likeness (QED) is 0.799. The largest absolute Gasteiger partial charge is 0.348 e. The van der Waals surface area contributed by atoms with Crippen LogP contribution in [-0.4, -0.2) is 28.9 Å². The van der Waals surface area contributed by atoms with Crippen LogP contribution in [0.4, 0.5) is 4.39 Å². The molecule has 19 heavy (non-hydrogen) atoms. The van der Waals surface area contributed by atoms with Crippen LogP contribution in [0.1, 0.15) is 28.9 Å². The minimum Gasteiger partial charge on any atom is -0.348 e. The first kappa shape index (κ1) is 12.6. The monoisotopic (exact) mass is 278 g/mol.